The molecule has 1 saturated heterocycles. The van der Waals surface area contributed by atoms with Crippen LogP contribution < -0.4 is 19.5 Å². The largest absolute Gasteiger partial charge is 0.493 e. The molecule has 0 bridgehead atoms. The summed E-state index contributed by atoms with van der Waals surface area (Å²) >= 11 is 0. The normalized spacial score (nSPS) is 15.4. The van der Waals surface area contributed by atoms with Crippen LogP contribution in [0.3, 0.4) is 0 Å². The maximum absolute atomic E-state index is 13.0. The van der Waals surface area contributed by atoms with Crippen molar-refractivity contribution < 1.29 is 23.8 Å². The molecule has 1 fully saturated rings. The molecular weight excluding hydrogens is 456 g/mol. The zero-order chi connectivity index (χ0) is 25.7. The Kier molecular flexibility index (Phi) is 7.98. The average Bonchev–Trinajstić information content (AvgIpc) is 2.92. The number of piperidine rings is 1. The molecule has 0 saturated carbocycles. The standard InChI is InChI=1S/C29H34N2O5/c1-5-30-29(33)23-7-6-12-31(18-23)27(32)14-19-8-9-21-15-22(11-10-20(21)13-19)24-16-25(34-2)28(36-4)26(17-24)35-3/h8-11,13,15-17,23H,5-7,12,14,18H2,1-4H3,(H,30,33). The van der Waals surface area contributed by atoms with Crippen molar-refractivity contribution in [2.75, 3.05) is 41.0 Å². The summed E-state index contributed by atoms with van der Waals surface area (Å²) in [5.74, 6) is 1.76. The van der Waals surface area contributed by atoms with Crippen LogP contribution in [0, 0.1) is 5.92 Å². The van der Waals surface area contributed by atoms with E-state index in [0.29, 0.717) is 43.3 Å². The molecule has 36 heavy (non-hydrogen) atoms. The van der Waals surface area contributed by atoms with Gasteiger partial charge in [-0.25, -0.2) is 0 Å². The van der Waals surface area contributed by atoms with Crippen molar-refractivity contribution in [3.05, 3.63) is 54.1 Å². The maximum Gasteiger partial charge on any atom is 0.227 e. The van der Waals surface area contributed by atoms with Crippen LogP contribution in [0.25, 0.3) is 21.9 Å². The minimum atomic E-state index is -0.118. The fourth-order valence-electron chi connectivity index (χ4n) is 4.86. The van der Waals surface area contributed by atoms with Gasteiger partial charge in [0.15, 0.2) is 11.5 Å². The monoisotopic (exact) mass is 490 g/mol. The zero-order valence-corrected chi connectivity index (χ0v) is 21.4. The van der Waals surface area contributed by atoms with Crippen LogP contribution in [0.2, 0.25) is 0 Å². The van der Waals surface area contributed by atoms with Gasteiger partial charge in [0.05, 0.1) is 33.7 Å². The van der Waals surface area contributed by atoms with Crippen molar-refractivity contribution in [1.82, 2.24) is 10.2 Å². The Morgan fingerprint density at radius 1 is 0.917 bits per heavy atom. The second-order valence-corrected chi connectivity index (χ2v) is 9.06. The van der Waals surface area contributed by atoms with Gasteiger partial charge in [-0.1, -0.05) is 30.3 Å². The molecule has 2 amide bonds. The minimum Gasteiger partial charge on any atom is -0.493 e. The number of carbonyl (C=O) groups is 2. The van der Waals surface area contributed by atoms with Crippen molar-refractivity contribution >= 4 is 22.6 Å². The van der Waals surface area contributed by atoms with E-state index in [-0.39, 0.29) is 17.7 Å². The van der Waals surface area contributed by atoms with E-state index in [1.165, 1.54) is 0 Å². The SMILES string of the molecule is CCNC(=O)C1CCCN(C(=O)Cc2ccc3cc(-c4cc(OC)c(OC)c(OC)c4)ccc3c2)C1. The first-order valence-electron chi connectivity index (χ1n) is 12.4. The summed E-state index contributed by atoms with van der Waals surface area (Å²) < 4.78 is 16.4. The Morgan fingerprint density at radius 3 is 2.28 bits per heavy atom. The highest BCUT2D eigenvalue weighted by Gasteiger charge is 2.28. The topological polar surface area (TPSA) is 77.1 Å². The van der Waals surface area contributed by atoms with E-state index >= 15 is 0 Å². The Morgan fingerprint density at radius 2 is 1.61 bits per heavy atom. The van der Waals surface area contributed by atoms with Gasteiger partial charge >= 0.3 is 0 Å². The Hall–Kier alpha value is -3.74. The van der Waals surface area contributed by atoms with Crippen molar-refractivity contribution in [3.63, 3.8) is 0 Å². The highest BCUT2D eigenvalue weighted by atomic mass is 16.5. The lowest BCUT2D eigenvalue weighted by molar-refractivity contribution is -0.135. The number of hydrogen-bond acceptors (Lipinski definition) is 5. The van der Waals surface area contributed by atoms with Gasteiger partial charge in [-0.05, 0) is 65.4 Å². The van der Waals surface area contributed by atoms with E-state index < -0.39 is 0 Å². The number of ether oxygens (including phenoxy) is 3. The Balaban J connectivity index is 1.52. The molecule has 0 aromatic heterocycles. The number of rotatable bonds is 8. The molecule has 190 valence electrons. The van der Waals surface area contributed by atoms with Crippen molar-refractivity contribution in [2.45, 2.75) is 26.2 Å². The second-order valence-electron chi connectivity index (χ2n) is 9.06. The van der Waals surface area contributed by atoms with E-state index in [2.05, 4.69) is 29.6 Å². The molecule has 0 spiro atoms. The summed E-state index contributed by atoms with van der Waals surface area (Å²) in [5.41, 5.74) is 2.95. The highest BCUT2D eigenvalue weighted by molar-refractivity contribution is 5.90. The first kappa shape index (κ1) is 25.4. The number of amides is 2. The van der Waals surface area contributed by atoms with Gasteiger partial charge in [0, 0.05) is 19.6 Å². The summed E-state index contributed by atoms with van der Waals surface area (Å²) in [4.78, 5) is 27.1. The van der Waals surface area contributed by atoms with Crippen molar-refractivity contribution in [3.8, 4) is 28.4 Å². The fourth-order valence-corrected chi connectivity index (χ4v) is 4.86. The van der Waals surface area contributed by atoms with Crippen LogP contribution >= 0.6 is 0 Å². The van der Waals surface area contributed by atoms with Crippen molar-refractivity contribution in [1.29, 1.82) is 0 Å². The molecule has 1 heterocycles. The molecular formula is C29H34N2O5. The first-order chi connectivity index (χ1) is 17.5. The van der Waals surface area contributed by atoms with Crippen LogP contribution in [0.4, 0.5) is 0 Å². The Bertz CT molecular complexity index is 1230. The van der Waals surface area contributed by atoms with Gasteiger partial charge < -0.3 is 24.4 Å². The van der Waals surface area contributed by atoms with Crippen LogP contribution in [-0.2, 0) is 16.0 Å². The van der Waals surface area contributed by atoms with Gasteiger partial charge in [-0.15, -0.1) is 0 Å². The molecule has 3 aromatic rings. The van der Waals surface area contributed by atoms with Crippen molar-refractivity contribution in [2.24, 2.45) is 5.92 Å². The molecule has 1 aliphatic rings. The number of benzene rings is 3. The van der Waals surface area contributed by atoms with Crippen LogP contribution in [0.15, 0.2) is 48.5 Å². The van der Waals surface area contributed by atoms with E-state index in [1.54, 1.807) is 21.3 Å². The van der Waals surface area contributed by atoms with E-state index in [9.17, 15) is 9.59 Å². The number of carbonyl (C=O) groups excluding carboxylic acids is 2. The Labute approximate surface area is 212 Å². The molecule has 1 aliphatic heterocycles. The quantitative estimate of drug-likeness (QED) is 0.505. The number of hydrogen-bond donors (Lipinski definition) is 1. The van der Waals surface area contributed by atoms with Gasteiger partial charge in [-0.2, -0.15) is 0 Å². The summed E-state index contributed by atoms with van der Waals surface area (Å²) in [5, 5.41) is 5.02. The third-order valence-electron chi connectivity index (χ3n) is 6.75. The summed E-state index contributed by atoms with van der Waals surface area (Å²) in [6, 6.07) is 16.2. The molecule has 3 aromatic carbocycles. The summed E-state index contributed by atoms with van der Waals surface area (Å²) in [6.07, 6.45) is 2.02. The van der Waals surface area contributed by atoms with Gasteiger partial charge in [0.2, 0.25) is 17.6 Å². The van der Waals surface area contributed by atoms with Gasteiger partial charge in [0.1, 0.15) is 0 Å². The smallest absolute Gasteiger partial charge is 0.227 e. The lowest BCUT2D eigenvalue weighted by Gasteiger charge is -2.32. The number of methoxy groups -OCH3 is 3. The van der Waals surface area contributed by atoms with E-state index in [0.717, 1.165) is 40.3 Å². The lowest BCUT2D eigenvalue weighted by atomic mass is 9.96. The van der Waals surface area contributed by atoms with E-state index in [4.69, 9.17) is 14.2 Å². The highest BCUT2D eigenvalue weighted by Crippen LogP contribution is 2.41. The molecule has 0 radical (unpaired) electrons. The molecule has 7 heteroatoms. The number of nitrogens with zero attached hydrogens (tertiary/aromatic N) is 1. The second kappa shape index (κ2) is 11.3. The fraction of sp³-hybridized carbons (Fsp3) is 0.379. The average molecular weight is 491 g/mol. The third kappa shape index (κ3) is 5.40. The van der Waals surface area contributed by atoms with Gasteiger partial charge in [0.25, 0.3) is 0 Å². The zero-order valence-electron chi connectivity index (χ0n) is 21.4. The van der Waals surface area contributed by atoms with E-state index in [1.807, 2.05) is 36.1 Å². The van der Waals surface area contributed by atoms with Crippen LogP contribution in [0.5, 0.6) is 17.2 Å². The number of nitrogens with one attached hydrogen (secondary N) is 1. The number of fused-ring (bicyclic) bond motifs is 1. The van der Waals surface area contributed by atoms with Crippen LogP contribution in [0.1, 0.15) is 25.3 Å². The predicted molar refractivity (Wildman–Crippen MR) is 141 cm³/mol. The molecule has 1 atom stereocenters. The molecule has 0 aliphatic carbocycles. The molecule has 1 unspecified atom stereocenters. The third-order valence-corrected chi connectivity index (χ3v) is 6.75. The molecule has 7 nitrogen and oxygen atoms in total. The number of likely N-dealkylation sites (tertiary alicyclic amines) is 1. The maximum atomic E-state index is 13.0. The predicted octanol–water partition coefficient (Wildman–Crippen LogP) is 4.45. The van der Waals surface area contributed by atoms with Gasteiger partial charge in [-0.3, -0.25) is 9.59 Å². The molecule has 4 rings (SSSR count). The molecule has 1 N–H and O–H groups in total. The van der Waals surface area contributed by atoms with Crippen LogP contribution in [-0.4, -0.2) is 57.7 Å². The summed E-state index contributed by atoms with van der Waals surface area (Å²) in [6.45, 7) is 3.73. The summed E-state index contributed by atoms with van der Waals surface area (Å²) in [7, 11) is 4.80. The minimum absolute atomic E-state index is 0.0450. The lowest BCUT2D eigenvalue weighted by Crippen LogP contribution is -2.45. The first-order valence-corrected chi connectivity index (χ1v) is 12.4.